The van der Waals surface area contributed by atoms with Crippen LogP contribution in [-0.4, -0.2) is 6.61 Å². The third-order valence-corrected chi connectivity index (χ3v) is 4.63. The number of hydrogen-bond donors (Lipinski definition) is 0. The van der Waals surface area contributed by atoms with Crippen LogP contribution in [0.1, 0.15) is 31.7 Å². The summed E-state index contributed by atoms with van der Waals surface area (Å²) in [4.78, 5) is 0. The predicted molar refractivity (Wildman–Crippen MR) is 108 cm³/mol. The molecule has 0 heterocycles. The highest BCUT2D eigenvalue weighted by Crippen LogP contribution is 2.31. The summed E-state index contributed by atoms with van der Waals surface area (Å²) in [5.41, 5.74) is 2.86. The summed E-state index contributed by atoms with van der Waals surface area (Å²) in [7, 11) is 0. The van der Waals surface area contributed by atoms with Gasteiger partial charge in [-0.15, -0.1) is 0 Å². The second-order valence-electron chi connectivity index (χ2n) is 6.56. The molecule has 134 valence electrons. The number of unbranched alkanes of at least 4 members (excludes halogenated alkanes) is 2. The molecule has 0 amide bonds. The summed E-state index contributed by atoms with van der Waals surface area (Å²) in [5, 5.41) is 1.45. The molecule has 0 aliphatic heterocycles. The first-order valence-corrected chi connectivity index (χ1v) is 9.28. The largest absolute Gasteiger partial charge is 0.490 e. The van der Waals surface area contributed by atoms with E-state index in [1.54, 1.807) is 18.2 Å². The van der Waals surface area contributed by atoms with E-state index in [2.05, 4.69) is 25.6 Å². The number of fused-ring (bicyclic) bond motifs is 1. The molecule has 3 aromatic rings. The van der Waals surface area contributed by atoms with Gasteiger partial charge in [0, 0.05) is 10.9 Å². The van der Waals surface area contributed by atoms with Crippen molar-refractivity contribution < 1.29 is 9.13 Å². The van der Waals surface area contributed by atoms with Gasteiger partial charge in [0.25, 0.3) is 0 Å². The minimum absolute atomic E-state index is 0.184. The SMILES string of the molecule is C=CCOc1ccc2c(F)c(-c3ccc(CCCCC)cc3)ccc2c1. The Morgan fingerprint density at radius 1 is 1.00 bits per heavy atom. The topological polar surface area (TPSA) is 9.23 Å². The molecule has 0 fully saturated rings. The second kappa shape index (κ2) is 8.66. The normalized spacial score (nSPS) is 10.8. The minimum Gasteiger partial charge on any atom is -0.490 e. The van der Waals surface area contributed by atoms with Crippen LogP contribution in [0, 0.1) is 5.82 Å². The Kier molecular flexibility index (Phi) is 6.06. The molecule has 0 spiro atoms. The Morgan fingerprint density at radius 2 is 1.81 bits per heavy atom. The summed E-state index contributed by atoms with van der Waals surface area (Å²) in [5.74, 6) is 0.539. The molecule has 3 rings (SSSR count). The molecule has 0 unspecified atom stereocenters. The van der Waals surface area contributed by atoms with Gasteiger partial charge in [0.2, 0.25) is 0 Å². The number of aryl methyl sites for hydroxylation is 1. The lowest BCUT2D eigenvalue weighted by Crippen LogP contribution is -1.93. The zero-order chi connectivity index (χ0) is 18.4. The number of ether oxygens (including phenoxy) is 1. The van der Waals surface area contributed by atoms with E-state index in [0.29, 0.717) is 17.6 Å². The van der Waals surface area contributed by atoms with Crippen molar-refractivity contribution in [1.29, 1.82) is 0 Å². The third kappa shape index (κ3) is 4.13. The molecule has 3 aromatic carbocycles. The summed E-state index contributed by atoms with van der Waals surface area (Å²) >= 11 is 0. The second-order valence-corrected chi connectivity index (χ2v) is 6.56. The van der Waals surface area contributed by atoms with Gasteiger partial charge >= 0.3 is 0 Å². The Morgan fingerprint density at radius 3 is 2.54 bits per heavy atom. The fourth-order valence-electron chi connectivity index (χ4n) is 3.17. The Balaban J connectivity index is 1.85. The van der Waals surface area contributed by atoms with Crippen LogP contribution in [0.25, 0.3) is 21.9 Å². The first kappa shape index (κ1) is 18.2. The molecule has 0 bridgehead atoms. The van der Waals surface area contributed by atoms with E-state index < -0.39 is 0 Å². The van der Waals surface area contributed by atoms with E-state index in [0.717, 1.165) is 23.1 Å². The van der Waals surface area contributed by atoms with Crippen molar-refractivity contribution in [2.45, 2.75) is 32.6 Å². The molecular weight excluding hydrogens is 323 g/mol. The van der Waals surface area contributed by atoms with Crippen molar-refractivity contribution in [3.63, 3.8) is 0 Å². The number of rotatable bonds is 8. The number of halogens is 1. The molecule has 0 saturated carbocycles. The van der Waals surface area contributed by atoms with Gasteiger partial charge in [-0.25, -0.2) is 4.39 Å². The fourth-order valence-corrected chi connectivity index (χ4v) is 3.17. The van der Waals surface area contributed by atoms with Crippen LogP contribution in [0.5, 0.6) is 5.75 Å². The molecule has 0 radical (unpaired) electrons. The van der Waals surface area contributed by atoms with E-state index in [4.69, 9.17) is 4.74 Å². The van der Waals surface area contributed by atoms with Gasteiger partial charge in [-0.3, -0.25) is 0 Å². The smallest absolute Gasteiger partial charge is 0.138 e. The number of hydrogen-bond acceptors (Lipinski definition) is 1. The molecule has 0 aliphatic rings. The van der Waals surface area contributed by atoms with Crippen LogP contribution in [0.4, 0.5) is 4.39 Å². The average molecular weight is 348 g/mol. The maximum atomic E-state index is 15.0. The first-order valence-electron chi connectivity index (χ1n) is 9.28. The van der Waals surface area contributed by atoms with Gasteiger partial charge < -0.3 is 4.74 Å². The minimum atomic E-state index is -0.184. The van der Waals surface area contributed by atoms with Crippen molar-refractivity contribution in [2.24, 2.45) is 0 Å². The van der Waals surface area contributed by atoms with Gasteiger partial charge in [-0.1, -0.05) is 68.8 Å². The van der Waals surface area contributed by atoms with E-state index in [-0.39, 0.29) is 5.82 Å². The molecule has 0 N–H and O–H groups in total. The van der Waals surface area contributed by atoms with Gasteiger partial charge in [-0.05, 0) is 47.6 Å². The van der Waals surface area contributed by atoms with Crippen LogP contribution in [0.15, 0.2) is 67.3 Å². The van der Waals surface area contributed by atoms with Crippen LogP contribution in [0.2, 0.25) is 0 Å². The summed E-state index contributed by atoms with van der Waals surface area (Å²) < 4.78 is 20.6. The lowest BCUT2D eigenvalue weighted by Gasteiger charge is -2.10. The quantitative estimate of drug-likeness (QED) is 0.316. The molecule has 2 heteroatoms. The summed E-state index contributed by atoms with van der Waals surface area (Å²) in [6, 6.07) is 17.5. The fraction of sp³-hybridized carbons (Fsp3) is 0.250. The Bertz CT molecular complexity index is 881. The Hall–Kier alpha value is -2.61. The monoisotopic (exact) mass is 348 g/mol. The maximum absolute atomic E-state index is 15.0. The van der Waals surface area contributed by atoms with Gasteiger partial charge in [0.15, 0.2) is 0 Å². The van der Waals surface area contributed by atoms with Crippen LogP contribution >= 0.6 is 0 Å². The van der Waals surface area contributed by atoms with Crippen molar-refractivity contribution >= 4 is 10.8 Å². The lowest BCUT2D eigenvalue weighted by atomic mass is 9.98. The molecular formula is C24H25FO. The Labute approximate surface area is 155 Å². The zero-order valence-electron chi connectivity index (χ0n) is 15.3. The van der Waals surface area contributed by atoms with Gasteiger partial charge in [0.1, 0.15) is 18.2 Å². The molecule has 0 aromatic heterocycles. The van der Waals surface area contributed by atoms with Gasteiger partial charge in [0.05, 0.1) is 0 Å². The molecule has 0 atom stereocenters. The van der Waals surface area contributed by atoms with Crippen molar-refractivity contribution in [3.8, 4) is 16.9 Å². The van der Waals surface area contributed by atoms with E-state index in [9.17, 15) is 0 Å². The highest BCUT2D eigenvalue weighted by atomic mass is 19.1. The van der Waals surface area contributed by atoms with Crippen LogP contribution < -0.4 is 4.74 Å². The maximum Gasteiger partial charge on any atom is 0.138 e. The average Bonchev–Trinajstić information content (AvgIpc) is 2.67. The summed E-state index contributed by atoms with van der Waals surface area (Å²) in [6.07, 6.45) is 6.46. The molecule has 26 heavy (non-hydrogen) atoms. The predicted octanol–water partition coefficient (Wildman–Crippen LogP) is 6.94. The summed E-state index contributed by atoms with van der Waals surface area (Å²) in [6.45, 7) is 6.29. The van der Waals surface area contributed by atoms with Crippen LogP contribution in [-0.2, 0) is 6.42 Å². The van der Waals surface area contributed by atoms with Crippen LogP contribution in [0.3, 0.4) is 0 Å². The van der Waals surface area contributed by atoms with E-state index in [1.807, 2.05) is 30.3 Å². The van der Waals surface area contributed by atoms with Gasteiger partial charge in [-0.2, -0.15) is 0 Å². The zero-order valence-corrected chi connectivity index (χ0v) is 15.3. The lowest BCUT2D eigenvalue weighted by molar-refractivity contribution is 0.364. The first-order chi connectivity index (χ1) is 12.7. The van der Waals surface area contributed by atoms with E-state index in [1.165, 1.54) is 24.8 Å². The number of benzene rings is 3. The van der Waals surface area contributed by atoms with Crippen molar-refractivity contribution in [1.82, 2.24) is 0 Å². The van der Waals surface area contributed by atoms with Crippen molar-refractivity contribution in [2.75, 3.05) is 6.61 Å². The highest BCUT2D eigenvalue weighted by Gasteiger charge is 2.10. The highest BCUT2D eigenvalue weighted by molar-refractivity contribution is 5.89. The standard InChI is InChI=1S/C24H25FO/c1-3-5-6-7-18-8-10-19(11-9-18)22-14-12-20-17-21(26-16-4-2)13-15-23(20)24(22)25/h4,8-15,17H,2-3,5-7,16H2,1H3. The van der Waals surface area contributed by atoms with Crippen molar-refractivity contribution in [3.05, 3.63) is 78.6 Å². The third-order valence-electron chi connectivity index (χ3n) is 4.63. The van der Waals surface area contributed by atoms with E-state index >= 15 is 4.39 Å². The molecule has 0 saturated heterocycles. The molecule has 1 nitrogen and oxygen atoms in total. The molecule has 0 aliphatic carbocycles.